The number of aromatic hydroxyl groups is 1. The molecule has 0 fully saturated rings. The van der Waals surface area contributed by atoms with Crippen LogP contribution in [0.4, 0.5) is 0 Å². The number of tetrazole rings is 1. The van der Waals surface area contributed by atoms with Gasteiger partial charge < -0.3 is 14.6 Å². The molecular formula is C25H24N4O4. The lowest BCUT2D eigenvalue weighted by Crippen LogP contribution is -2.02. The van der Waals surface area contributed by atoms with Gasteiger partial charge in [-0.2, -0.15) is 0 Å². The number of ketones is 1. The largest absolute Gasteiger partial charge is 0.507 e. The third-order valence-corrected chi connectivity index (χ3v) is 5.12. The third-order valence-electron chi connectivity index (χ3n) is 5.12. The van der Waals surface area contributed by atoms with E-state index in [1.807, 2.05) is 55.5 Å². The first-order chi connectivity index (χ1) is 16.0. The molecular weight excluding hydrogens is 420 g/mol. The molecule has 4 aromatic rings. The van der Waals surface area contributed by atoms with E-state index in [-0.39, 0.29) is 11.5 Å². The quantitative estimate of drug-likeness (QED) is 0.346. The van der Waals surface area contributed by atoms with E-state index in [4.69, 9.17) is 9.47 Å². The first kappa shape index (κ1) is 22.0. The van der Waals surface area contributed by atoms with Gasteiger partial charge in [0.25, 0.3) is 0 Å². The van der Waals surface area contributed by atoms with Crippen LogP contribution in [0.3, 0.4) is 0 Å². The zero-order valence-electron chi connectivity index (χ0n) is 18.4. The predicted octanol–water partition coefficient (Wildman–Crippen LogP) is 5.10. The molecule has 4 rings (SSSR count). The molecule has 0 aliphatic carbocycles. The van der Waals surface area contributed by atoms with Crippen molar-refractivity contribution in [3.05, 3.63) is 77.4 Å². The lowest BCUT2D eigenvalue weighted by molar-refractivity contribution is 0.101. The summed E-state index contributed by atoms with van der Waals surface area (Å²) < 4.78 is 12.0. The van der Waals surface area contributed by atoms with Crippen molar-refractivity contribution in [1.82, 2.24) is 20.6 Å². The van der Waals surface area contributed by atoms with Crippen LogP contribution in [-0.2, 0) is 13.0 Å². The van der Waals surface area contributed by atoms with Crippen molar-refractivity contribution in [3.8, 4) is 34.4 Å². The Kier molecular flexibility index (Phi) is 6.64. The number of aromatic amines is 1. The molecule has 0 amide bonds. The molecule has 0 saturated heterocycles. The number of ether oxygens (including phenoxy) is 2. The summed E-state index contributed by atoms with van der Waals surface area (Å²) in [5.41, 5.74) is 2.73. The van der Waals surface area contributed by atoms with Gasteiger partial charge in [-0.3, -0.25) is 4.79 Å². The van der Waals surface area contributed by atoms with Gasteiger partial charge in [0.15, 0.2) is 11.6 Å². The molecule has 0 saturated carbocycles. The summed E-state index contributed by atoms with van der Waals surface area (Å²) in [5, 5.41) is 24.3. The Bertz CT molecular complexity index is 1240. The number of rotatable bonds is 9. The summed E-state index contributed by atoms with van der Waals surface area (Å²) in [7, 11) is 0. The van der Waals surface area contributed by atoms with Crippen LogP contribution >= 0.6 is 0 Å². The number of nitrogens with zero attached hydrogens (tertiary/aromatic N) is 3. The smallest absolute Gasteiger partial charge is 0.179 e. The summed E-state index contributed by atoms with van der Waals surface area (Å²) in [4.78, 5) is 11.8. The molecule has 1 aromatic heterocycles. The summed E-state index contributed by atoms with van der Waals surface area (Å²) in [6.45, 7) is 3.75. The first-order valence-electron chi connectivity index (χ1n) is 10.6. The summed E-state index contributed by atoms with van der Waals surface area (Å²) >= 11 is 0. The van der Waals surface area contributed by atoms with Crippen molar-refractivity contribution in [3.63, 3.8) is 0 Å². The van der Waals surface area contributed by atoms with Crippen LogP contribution in [0.2, 0.25) is 0 Å². The minimum Gasteiger partial charge on any atom is -0.507 e. The molecule has 0 bridgehead atoms. The Labute approximate surface area is 191 Å². The molecule has 0 aliphatic rings. The van der Waals surface area contributed by atoms with E-state index in [1.165, 1.54) is 6.92 Å². The zero-order valence-corrected chi connectivity index (χ0v) is 18.4. The molecule has 8 nitrogen and oxygen atoms in total. The minimum absolute atomic E-state index is 0.00323. The number of Topliss-reactive ketones (excluding diaryl/α,β-unsaturated/α-hetero) is 1. The lowest BCUT2D eigenvalue weighted by Gasteiger charge is -2.15. The van der Waals surface area contributed by atoms with Gasteiger partial charge in [-0.1, -0.05) is 25.5 Å². The standard InChI is InChI=1S/C25H24N4O4/c1-3-5-22-23(13-12-21(16(2)30)24(22)31)32-15-17-6-4-7-20(14-17)33-19-10-8-18(9-11-19)25-26-28-29-27-25/h4,6-14,31H,3,5,15H2,1-2H3,(H,26,27,28,29). The normalized spacial score (nSPS) is 10.7. The SMILES string of the molecule is CCCc1c(OCc2cccc(Oc3ccc(-c4nnn[nH]4)cc3)c2)ccc(C(C)=O)c1O. The number of nitrogens with one attached hydrogen (secondary N) is 1. The zero-order chi connectivity index (χ0) is 23.2. The first-order valence-corrected chi connectivity index (χ1v) is 10.6. The second-order valence-corrected chi connectivity index (χ2v) is 7.56. The number of hydrogen-bond acceptors (Lipinski definition) is 7. The average molecular weight is 444 g/mol. The van der Waals surface area contributed by atoms with Crippen LogP contribution in [0.5, 0.6) is 23.0 Å². The van der Waals surface area contributed by atoms with Gasteiger partial charge in [0, 0.05) is 11.1 Å². The number of phenolic OH excluding ortho intramolecular Hbond substituents is 1. The Morgan fingerprint density at radius 1 is 1.06 bits per heavy atom. The molecule has 8 heteroatoms. The molecule has 0 radical (unpaired) electrons. The Morgan fingerprint density at radius 2 is 1.88 bits per heavy atom. The van der Waals surface area contributed by atoms with Crippen LogP contribution < -0.4 is 9.47 Å². The highest BCUT2D eigenvalue weighted by Crippen LogP contribution is 2.33. The summed E-state index contributed by atoms with van der Waals surface area (Å²) in [6, 6.07) is 18.4. The van der Waals surface area contributed by atoms with E-state index >= 15 is 0 Å². The van der Waals surface area contributed by atoms with Gasteiger partial charge in [0.1, 0.15) is 29.6 Å². The van der Waals surface area contributed by atoms with E-state index in [0.29, 0.717) is 47.2 Å². The number of H-pyrrole nitrogens is 1. The maximum absolute atomic E-state index is 11.8. The number of carbonyl (C=O) groups is 1. The number of hydrogen-bond donors (Lipinski definition) is 2. The van der Waals surface area contributed by atoms with Crippen molar-refractivity contribution in [2.45, 2.75) is 33.3 Å². The average Bonchev–Trinajstić information content (AvgIpc) is 3.35. The van der Waals surface area contributed by atoms with Crippen molar-refractivity contribution in [2.75, 3.05) is 0 Å². The fourth-order valence-electron chi connectivity index (χ4n) is 3.49. The van der Waals surface area contributed by atoms with Gasteiger partial charge in [0.05, 0.1) is 5.56 Å². The van der Waals surface area contributed by atoms with Crippen LogP contribution in [-0.4, -0.2) is 31.5 Å². The molecule has 0 unspecified atom stereocenters. The van der Waals surface area contributed by atoms with Gasteiger partial charge in [-0.25, -0.2) is 5.10 Å². The topological polar surface area (TPSA) is 110 Å². The molecule has 33 heavy (non-hydrogen) atoms. The van der Waals surface area contributed by atoms with Crippen molar-refractivity contribution in [1.29, 1.82) is 0 Å². The molecule has 0 atom stereocenters. The molecule has 1 heterocycles. The Hall–Kier alpha value is -4.20. The maximum atomic E-state index is 11.8. The van der Waals surface area contributed by atoms with Gasteiger partial charge in [-0.15, -0.1) is 5.10 Å². The molecule has 2 N–H and O–H groups in total. The summed E-state index contributed by atoms with van der Waals surface area (Å²) in [5.74, 6) is 2.34. The summed E-state index contributed by atoms with van der Waals surface area (Å²) in [6.07, 6.45) is 1.44. The fourth-order valence-corrected chi connectivity index (χ4v) is 3.49. The van der Waals surface area contributed by atoms with Crippen LogP contribution in [0.15, 0.2) is 60.7 Å². The third kappa shape index (κ3) is 5.17. The van der Waals surface area contributed by atoms with Crippen LogP contribution in [0.1, 0.15) is 41.8 Å². The lowest BCUT2D eigenvalue weighted by atomic mass is 10.0. The molecule has 168 valence electrons. The van der Waals surface area contributed by atoms with Crippen LogP contribution in [0.25, 0.3) is 11.4 Å². The predicted molar refractivity (Wildman–Crippen MR) is 123 cm³/mol. The second kappa shape index (κ2) is 9.95. The highest BCUT2D eigenvalue weighted by atomic mass is 16.5. The molecule has 0 aliphatic heterocycles. The van der Waals surface area contributed by atoms with Crippen molar-refractivity contribution in [2.24, 2.45) is 0 Å². The van der Waals surface area contributed by atoms with Crippen molar-refractivity contribution >= 4 is 5.78 Å². The Morgan fingerprint density at radius 3 is 2.58 bits per heavy atom. The highest BCUT2D eigenvalue weighted by Gasteiger charge is 2.16. The van der Waals surface area contributed by atoms with E-state index in [0.717, 1.165) is 17.5 Å². The van der Waals surface area contributed by atoms with Gasteiger partial charge in [0.2, 0.25) is 0 Å². The fraction of sp³-hybridized carbons (Fsp3) is 0.200. The van der Waals surface area contributed by atoms with E-state index < -0.39 is 0 Å². The van der Waals surface area contributed by atoms with Gasteiger partial charge >= 0.3 is 0 Å². The van der Waals surface area contributed by atoms with E-state index in [2.05, 4.69) is 20.6 Å². The molecule has 0 spiro atoms. The highest BCUT2D eigenvalue weighted by molar-refractivity contribution is 5.97. The van der Waals surface area contributed by atoms with Crippen LogP contribution in [0, 0.1) is 0 Å². The van der Waals surface area contributed by atoms with E-state index in [9.17, 15) is 9.90 Å². The van der Waals surface area contributed by atoms with E-state index in [1.54, 1.807) is 12.1 Å². The number of aromatic nitrogens is 4. The molecule has 3 aromatic carbocycles. The monoisotopic (exact) mass is 444 g/mol. The van der Waals surface area contributed by atoms with Crippen molar-refractivity contribution < 1.29 is 19.4 Å². The number of phenols is 1. The Balaban J connectivity index is 1.45. The number of benzene rings is 3. The minimum atomic E-state index is -0.174. The maximum Gasteiger partial charge on any atom is 0.179 e. The van der Waals surface area contributed by atoms with Gasteiger partial charge in [-0.05, 0) is 77.9 Å². The number of carbonyl (C=O) groups excluding carboxylic acids is 1. The second-order valence-electron chi connectivity index (χ2n) is 7.56.